The van der Waals surface area contributed by atoms with Crippen LogP contribution in [-0.2, 0) is 14.4 Å². The molecule has 2 rings (SSSR count). The molecule has 1 heterocycles. The molecule has 0 bridgehead atoms. The number of nitrogens with one attached hydrogen (secondary N) is 1. The number of amides is 2. The molecule has 2 N–H and O–H groups in total. The monoisotopic (exact) mass is 296 g/mol. The highest BCUT2D eigenvalue weighted by molar-refractivity contribution is 5.90. The van der Waals surface area contributed by atoms with Crippen molar-refractivity contribution in [2.45, 2.75) is 45.6 Å². The van der Waals surface area contributed by atoms with Gasteiger partial charge in [0.2, 0.25) is 11.8 Å². The highest BCUT2D eigenvalue weighted by atomic mass is 16.4. The van der Waals surface area contributed by atoms with Gasteiger partial charge in [-0.25, -0.2) is 0 Å². The number of carbonyl (C=O) groups excluding carboxylic acids is 2. The Morgan fingerprint density at radius 3 is 2.29 bits per heavy atom. The minimum Gasteiger partial charge on any atom is -0.481 e. The lowest BCUT2D eigenvalue weighted by atomic mass is 9.95. The van der Waals surface area contributed by atoms with Crippen LogP contribution in [0, 0.1) is 17.8 Å². The van der Waals surface area contributed by atoms with E-state index in [0.717, 1.165) is 25.9 Å². The van der Waals surface area contributed by atoms with E-state index in [1.165, 1.54) is 0 Å². The SMILES string of the molecule is CC1C[C@H](C(=O)NC(C)C(=O)N2CCCC2)[C@H](C(=O)O)C1. The summed E-state index contributed by atoms with van der Waals surface area (Å²) in [4.78, 5) is 37.5. The fourth-order valence-corrected chi connectivity index (χ4v) is 3.45. The average Bonchev–Trinajstić information content (AvgIpc) is 3.06. The summed E-state index contributed by atoms with van der Waals surface area (Å²) in [6, 6.07) is -0.582. The van der Waals surface area contributed by atoms with E-state index >= 15 is 0 Å². The number of hydrogen-bond acceptors (Lipinski definition) is 3. The standard InChI is InChI=1S/C15H24N2O4/c1-9-7-11(12(8-9)15(20)21)13(18)16-10(2)14(19)17-5-3-4-6-17/h9-12H,3-8H2,1-2H3,(H,16,18)(H,20,21)/t9?,10?,11-,12+/m0/s1. The normalized spacial score (nSPS) is 30.2. The van der Waals surface area contributed by atoms with E-state index in [2.05, 4.69) is 5.32 Å². The average molecular weight is 296 g/mol. The molecule has 1 saturated carbocycles. The molecule has 1 saturated heterocycles. The lowest BCUT2D eigenvalue weighted by Gasteiger charge is -2.23. The van der Waals surface area contributed by atoms with Gasteiger partial charge in [0, 0.05) is 13.1 Å². The van der Waals surface area contributed by atoms with E-state index in [1.807, 2.05) is 6.92 Å². The molecule has 0 spiro atoms. The number of aliphatic carboxylic acids is 1. The Hall–Kier alpha value is -1.59. The Kier molecular flexibility index (Phi) is 4.85. The molecular formula is C15H24N2O4. The van der Waals surface area contributed by atoms with Gasteiger partial charge in [-0.3, -0.25) is 14.4 Å². The maximum Gasteiger partial charge on any atom is 0.307 e. The lowest BCUT2D eigenvalue weighted by molar-refractivity contribution is -0.146. The Morgan fingerprint density at radius 2 is 1.71 bits per heavy atom. The molecule has 118 valence electrons. The molecule has 6 heteroatoms. The van der Waals surface area contributed by atoms with Gasteiger partial charge in [-0.05, 0) is 38.5 Å². The van der Waals surface area contributed by atoms with Crippen LogP contribution in [-0.4, -0.2) is 46.9 Å². The number of rotatable bonds is 4. The molecule has 2 fully saturated rings. The largest absolute Gasteiger partial charge is 0.481 e. The summed E-state index contributed by atoms with van der Waals surface area (Å²) < 4.78 is 0. The van der Waals surface area contributed by atoms with Gasteiger partial charge in [0.05, 0.1) is 11.8 Å². The lowest BCUT2D eigenvalue weighted by Crippen LogP contribution is -2.48. The van der Waals surface area contributed by atoms with Crippen LogP contribution < -0.4 is 5.32 Å². The third-order valence-electron chi connectivity index (χ3n) is 4.60. The first-order valence-electron chi connectivity index (χ1n) is 7.72. The van der Waals surface area contributed by atoms with Crippen molar-refractivity contribution in [3.8, 4) is 0 Å². The van der Waals surface area contributed by atoms with Crippen molar-refractivity contribution in [2.75, 3.05) is 13.1 Å². The van der Waals surface area contributed by atoms with Gasteiger partial charge in [-0.1, -0.05) is 6.92 Å². The minimum atomic E-state index is -0.918. The maximum absolute atomic E-state index is 12.3. The van der Waals surface area contributed by atoms with E-state index < -0.39 is 23.8 Å². The van der Waals surface area contributed by atoms with Gasteiger partial charge < -0.3 is 15.3 Å². The van der Waals surface area contributed by atoms with Crippen LogP contribution >= 0.6 is 0 Å². The highest BCUT2D eigenvalue weighted by Crippen LogP contribution is 2.36. The van der Waals surface area contributed by atoms with Crippen LogP contribution in [0.2, 0.25) is 0 Å². The van der Waals surface area contributed by atoms with Crippen LogP contribution in [0.15, 0.2) is 0 Å². The quantitative estimate of drug-likeness (QED) is 0.805. The number of carboxylic acid groups (broad SMARTS) is 1. The third-order valence-corrected chi connectivity index (χ3v) is 4.60. The van der Waals surface area contributed by atoms with E-state index in [0.29, 0.717) is 12.8 Å². The fourth-order valence-electron chi connectivity index (χ4n) is 3.45. The molecule has 6 nitrogen and oxygen atoms in total. The van der Waals surface area contributed by atoms with Crippen LogP contribution in [0.4, 0.5) is 0 Å². The van der Waals surface area contributed by atoms with E-state index in [-0.39, 0.29) is 17.7 Å². The summed E-state index contributed by atoms with van der Waals surface area (Å²) in [5.41, 5.74) is 0. The zero-order chi connectivity index (χ0) is 15.6. The fraction of sp³-hybridized carbons (Fsp3) is 0.800. The van der Waals surface area contributed by atoms with Gasteiger partial charge in [0.15, 0.2) is 0 Å². The van der Waals surface area contributed by atoms with Gasteiger partial charge in [-0.15, -0.1) is 0 Å². The topological polar surface area (TPSA) is 86.7 Å². The first kappa shape index (κ1) is 15.8. The third kappa shape index (κ3) is 3.54. The molecule has 0 radical (unpaired) electrons. The Bertz CT molecular complexity index is 431. The minimum absolute atomic E-state index is 0.0706. The molecule has 0 aromatic heterocycles. The number of carboxylic acids is 1. The zero-order valence-corrected chi connectivity index (χ0v) is 12.7. The van der Waals surface area contributed by atoms with E-state index in [9.17, 15) is 19.5 Å². The highest BCUT2D eigenvalue weighted by Gasteiger charge is 2.41. The molecule has 2 unspecified atom stereocenters. The molecule has 2 amide bonds. The molecule has 2 aliphatic rings. The summed E-state index contributed by atoms with van der Waals surface area (Å²) >= 11 is 0. The van der Waals surface area contributed by atoms with Crippen LogP contribution in [0.3, 0.4) is 0 Å². The molecule has 0 aromatic rings. The molecule has 4 atom stereocenters. The summed E-state index contributed by atoms with van der Waals surface area (Å²) in [5.74, 6) is -2.21. The van der Waals surface area contributed by atoms with Crippen LogP contribution in [0.5, 0.6) is 0 Å². The van der Waals surface area contributed by atoms with Crippen molar-refractivity contribution in [1.82, 2.24) is 10.2 Å². The van der Waals surface area contributed by atoms with Crippen molar-refractivity contribution >= 4 is 17.8 Å². The van der Waals surface area contributed by atoms with Crippen molar-refractivity contribution in [2.24, 2.45) is 17.8 Å². The number of hydrogen-bond donors (Lipinski definition) is 2. The summed E-state index contributed by atoms with van der Waals surface area (Å²) in [7, 11) is 0. The van der Waals surface area contributed by atoms with Crippen molar-refractivity contribution < 1.29 is 19.5 Å². The number of nitrogens with zero attached hydrogens (tertiary/aromatic N) is 1. The van der Waals surface area contributed by atoms with Crippen molar-refractivity contribution in [3.63, 3.8) is 0 Å². The molecule has 0 aromatic carbocycles. The summed E-state index contributed by atoms with van der Waals surface area (Å²) in [5, 5.41) is 11.9. The first-order chi connectivity index (χ1) is 9.90. The van der Waals surface area contributed by atoms with Crippen molar-refractivity contribution in [3.05, 3.63) is 0 Å². The second kappa shape index (κ2) is 6.45. The smallest absolute Gasteiger partial charge is 0.307 e. The van der Waals surface area contributed by atoms with Gasteiger partial charge in [0.25, 0.3) is 0 Å². The maximum atomic E-state index is 12.3. The van der Waals surface area contributed by atoms with E-state index in [1.54, 1.807) is 11.8 Å². The molecule has 1 aliphatic heterocycles. The zero-order valence-electron chi connectivity index (χ0n) is 12.7. The predicted octanol–water partition coefficient (Wildman–Crippen LogP) is 0.860. The second-order valence-electron chi connectivity index (χ2n) is 6.39. The number of carbonyl (C=O) groups is 3. The first-order valence-corrected chi connectivity index (χ1v) is 7.72. The van der Waals surface area contributed by atoms with E-state index in [4.69, 9.17) is 0 Å². The molecular weight excluding hydrogens is 272 g/mol. The summed E-state index contributed by atoms with van der Waals surface area (Å²) in [6.45, 7) is 5.13. The second-order valence-corrected chi connectivity index (χ2v) is 6.39. The van der Waals surface area contributed by atoms with Gasteiger partial charge >= 0.3 is 5.97 Å². The Labute approximate surface area is 124 Å². The predicted molar refractivity (Wildman–Crippen MR) is 76.4 cm³/mol. The Morgan fingerprint density at radius 1 is 1.14 bits per heavy atom. The molecule has 21 heavy (non-hydrogen) atoms. The number of likely N-dealkylation sites (tertiary alicyclic amines) is 1. The molecule has 1 aliphatic carbocycles. The van der Waals surface area contributed by atoms with Crippen LogP contribution in [0.1, 0.15) is 39.5 Å². The van der Waals surface area contributed by atoms with Gasteiger partial charge in [-0.2, -0.15) is 0 Å². The Balaban J connectivity index is 1.93. The van der Waals surface area contributed by atoms with Crippen LogP contribution in [0.25, 0.3) is 0 Å². The van der Waals surface area contributed by atoms with Gasteiger partial charge in [0.1, 0.15) is 6.04 Å². The summed E-state index contributed by atoms with van der Waals surface area (Å²) in [6.07, 6.45) is 3.12. The van der Waals surface area contributed by atoms with Crippen molar-refractivity contribution in [1.29, 1.82) is 0 Å².